The van der Waals surface area contributed by atoms with Crippen LogP contribution in [0.1, 0.15) is 11.5 Å². The van der Waals surface area contributed by atoms with Crippen molar-refractivity contribution >= 4 is 28.3 Å². The van der Waals surface area contributed by atoms with Gasteiger partial charge < -0.3 is 9.88 Å². The summed E-state index contributed by atoms with van der Waals surface area (Å²) in [6.45, 7) is 4.00. The summed E-state index contributed by atoms with van der Waals surface area (Å²) in [5.74, 6) is 2.16. The van der Waals surface area contributed by atoms with E-state index in [0.717, 1.165) is 33.8 Å². The fraction of sp³-hybridized carbons (Fsp3) is 0.100. The second kappa shape index (κ2) is 5.91. The van der Waals surface area contributed by atoms with Gasteiger partial charge in [0.2, 0.25) is 5.95 Å². The van der Waals surface area contributed by atoms with Crippen LogP contribution >= 0.6 is 0 Å². The van der Waals surface area contributed by atoms with Crippen molar-refractivity contribution in [2.45, 2.75) is 13.8 Å². The van der Waals surface area contributed by atoms with Crippen LogP contribution in [0.15, 0.2) is 60.9 Å². The van der Waals surface area contributed by atoms with E-state index in [9.17, 15) is 0 Å². The van der Waals surface area contributed by atoms with Gasteiger partial charge >= 0.3 is 0 Å². The number of hydrogen-bond acceptors (Lipinski definition) is 5. The van der Waals surface area contributed by atoms with Crippen LogP contribution in [0.3, 0.4) is 0 Å². The Labute approximate surface area is 155 Å². The summed E-state index contributed by atoms with van der Waals surface area (Å²) >= 11 is 0. The van der Waals surface area contributed by atoms with Crippen molar-refractivity contribution in [3.05, 3.63) is 72.4 Å². The Morgan fingerprint density at radius 3 is 2.67 bits per heavy atom. The summed E-state index contributed by atoms with van der Waals surface area (Å²) in [5, 5.41) is 8.91. The van der Waals surface area contributed by atoms with Crippen LogP contribution in [0, 0.1) is 13.8 Å². The Kier molecular flexibility index (Phi) is 3.39. The lowest BCUT2D eigenvalue weighted by Gasteiger charge is -2.09. The number of hydrogen-bond donors (Lipinski definition) is 1. The van der Waals surface area contributed by atoms with Gasteiger partial charge in [0, 0.05) is 17.8 Å². The standard InChI is InChI=1S/C20H17N7/c1-13-17(26-12-11-21-14(26)2)8-10-19-24-20(25-27(13)19)23-18-9-7-15-5-3-4-6-16(15)22-18/h3-12H,1-2H3,(H,22,23,25). The van der Waals surface area contributed by atoms with Crippen molar-refractivity contribution < 1.29 is 0 Å². The number of nitrogens with one attached hydrogen (secondary N) is 1. The van der Waals surface area contributed by atoms with E-state index in [0.29, 0.717) is 11.8 Å². The number of nitrogens with zero attached hydrogens (tertiary/aromatic N) is 6. The highest BCUT2D eigenvalue weighted by Gasteiger charge is 2.12. The van der Waals surface area contributed by atoms with Crippen LogP contribution in [0.25, 0.3) is 22.2 Å². The number of rotatable bonds is 3. The molecular formula is C20H17N7. The van der Waals surface area contributed by atoms with Crippen molar-refractivity contribution in [3.63, 3.8) is 0 Å². The average molecular weight is 355 g/mol. The number of aromatic nitrogens is 6. The molecule has 0 spiro atoms. The molecule has 0 atom stereocenters. The molecule has 132 valence electrons. The second-order valence-electron chi connectivity index (χ2n) is 6.37. The molecule has 0 saturated heterocycles. The van der Waals surface area contributed by atoms with Gasteiger partial charge in [-0.15, -0.1) is 5.10 Å². The Morgan fingerprint density at radius 2 is 1.81 bits per heavy atom. The zero-order valence-corrected chi connectivity index (χ0v) is 15.0. The molecule has 0 amide bonds. The molecule has 7 nitrogen and oxygen atoms in total. The highest BCUT2D eigenvalue weighted by atomic mass is 15.4. The molecule has 5 rings (SSSR count). The third-order valence-electron chi connectivity index (χ3n) is 4.63. The van der Waals surface area contributed by atoms with E-state index >= 15 is 0 Å². The summed E-state index contributed by atoms with van der Waals surface area (Å²) in [7, 11) is 0. The van der Waals surface area contributed by atoms with Gasteiger partial charge in [-0.05, 0) is 44.2 Å². The lowest BCUT2D eigenvalue weighted by Crippen LogP contribution is -2.04. The Hall–Kier alpha value is -3.74. The first-order valence-electron chi connectivity index (χ1n) is 8.68. The lowest BCUT2D eigenvalue weighted by atomic mass is 10.2. The molecule has 4 aromatic heterocycles. The topological polar surface area (TPSA) is 72.9 Å². The number of benzene rings is 1. The molecule has 27 heavy (non-hydrogen) atoms. The molecule has 0 unspecified atom stereocenters. The number of para-hydroxylation sites is 1. The number of anilines is 2. The number of aryl methyl sites for hydroxylation is 2. The third-order valence-corrected chi connectivity index (χ3v) is 4.63. The van der Waals surface area contributed by atoms with Crippen molar-refractivity contribution in [1.29, 1.82) is 0 Å². The molecule has 0 aliphatic heterocycles. The number of pyridine rings is 2. The molecule has 0 saturated carbocycles. The van der Waals surface area contributed by atoms with E-state index in [1.807, 2.05) is 77.7 Å². The Bertz CT molecular complexity index is 1280. The summed E-state index contributed by atoms with van der Waals surface area (Å²) in [6.07, 6.45) is 3.73. The molecule has 1 aromatic carbocycles. The van der Waals surface area contributed by atoms with Gasteiger partial charge in [-0.2, -0.15) is 4.98 Å². The number of imidazole rings is 1. The van der Waals surface area contributed by atoms with E-state index in [1.165, 1.54) is 0 Å². The molecule has 0 aliphatic carbocycles. The van der Waals surface area contributed by atoms with Crippen LogP contribution in [0.2, 0.25) is 0 Å². The highest BCUT2D eigenvalue weighted by molar-refractivity contribution is 5.80. The second-order valence-corrected chi connectivity index (χ2v) is 6.37. The lowest BCUT2D eigenvalue weighted by molar-refractivity contribution is 0.874. The van der Waals surface area contributed by atoms with Gasteiger partial charge in [0.25, 0.3) is 0 Å². The summed E-state index contributed by atoms with van der Waals surface area (Å²) in [6, 6.07) is 16.0. The zero-order valence-electron chi connectivity index (χ0n) is 15.0. The number of fused-ring (bicyclic) bond motifs is 2. The normalized spacial score (nSPS) is 11.3. The van der Waals surface area contributed by atoms with Gasteiger partial charge in [-0.1, -0.05) is 18.2 Å². The third kappa shape index (κ3) is 2.60. The predicted octanol–water partition coefficient (Wildman–Crippen LogP) is 3.82. The minimum Gasteiger partial charge on any atom is -0.307 e. The van der Waals surface area contributed by atoms with Crippen LogP contribution in [0.5, 0.6) is 0 Å². The molecule has 0 bridgehead atoms. The van der Waals surface area contributed by atoms with E-state index in [1.54, 1.807) is 6.20 Å². The fourth-order valence-corrected chi connectivity index (χ4v) is 3.25. The smallest absolute Gasteiger partial charge is 0.248 e. The van der Waals surface area contributed by atoms with Gasteiger partial charge in [-0.25, -0.2) is 14.5 Å². The molecule has 4 heterocycles. The van der Waals surface area contributed by atoms with Crippen molar-refractivity contribution in [3.8, 4) is 5.69 Å². The maximum atomic E-state index is 4.62. The van der Waals surface area contributed by atoms with Crippen LogP contribution in [-0.2, 0) is 0 Å². The van der Waals surface area contributed by atoms with Gasteiger partial charge in [0.15, 0.2) is 5.65 Å². The van der Waals surface area contributed by atoms with E-state index in [-0.39, 0.29) is 0 Å². The Balaban J connectivity index is 1.54. The first-order valence-corrected chi connectivity index (χ1v) is 8.68. The van der Waals surface area contributed by atoms with Crippen LogP contribution < -0.4 is 5.32 Å². The van der Waals surface area contributed by atoms with Crippen LogP contribution in [0.4, 0.5) is 11.8 Å². The largest absolute Gasteiger partial charge is 0.307 e. The van der Waals surface area contributed by atoms with Crippen molar-refractivity contribution in [2.24, 2.45) is 0 Å². The minimum atomic E-state index is 0.514. The first-order chi connectivity index (χ1) is 13.2. The molecule has 0 fully saturated rings. The zero-order chi connectivity index (χ0) is 18.4. The van der Waals surface area contributed by atoms with E-state index in [2.05, 4.69) is 25.4 Å². The molecule has 0 aliphatic rings. The average Bonchev–Trinajstić information content (AvgIpc) is 3.28. The van der Waals surface area contributed by atoms with Crippen molar-refractivity contribution in [2.75, 3.05) is 5.32 Å². The van der Waals surface area contributed by atoms with E-state index < -0.39 is 0 Å². The summed E-state index contributed by atoms with van der Waals surface area (Å²) in [4.78, 5) is 13.5. The summed E-state index contributed by atoms with van der Waals surface area (Å²) < 4.78 is 3.87. The fourth-order valence-electron chi connectivity index (χ4n) is 3.25. The predicted molar refractivity (Wildman–Crippen MR) is 105 cm³/mol. The molecule has 1 N–H and O–H groups in total. The maximum absolute atomic E-state index is 4.62. The Morgan fingerprint density at radius 1 is 0.926 bits per heavy atom. The summed E-state index contributed by atoms with van der Waals surface area (Å²) in [5.41, 5.74) is 3.72. The first kappa shape index (κ1) is 15.5. The SMILES string of the molecule is Cc1nccn1-c1ccc2nc(Nc3ccc4ccccc4n3)nn2c1C. The maximum Gasteiger partial charge on any atom is 0.248 e. The van der Waals surface area contributed by atoms with Gasteiger partial charge in [0.05, 0.1) is 16.9 Å². The molecule has 5 aromatic rings. The highest BCUT2D eigenvalue weighted by Crippen LogP contribution is 2.20. The van der Waals surface area contributed by atoms with Crippen molar-refractivity contribution in [1.82, 2.24) is 29.1 Å². The quantitative estimate of drug-likeness (QED) is 0.532. The van der Waals surface area contributed by atoms with Gasteiger partial charge in [-0.3, -0.25) is 0 Å². The van der Waals surface area contributed by atoms with Crippen LogP contribution in [-0.4, -0.2) is 29.1 Å². The molecule has 0 radical (unpaired) electrons. The monoisotopic (exact) mass is 355 g/mol. The molecule has 7 heteroatoms. The van der Waals surface area contributed by atoms with E-state index in [4.69, 9.17) is 0 Å². The molecular weight excluding hydrogens is 338 g/mol. The van der Waals surface area contributed by atoms with Gasteiger partial charge in [0.1, 0.15) is 11.6 Å². The minimum absolute atomic E-state index is 0.514.